The summed E-state index contributed by atoms with van der Waals surface area (Å²) in [4.78, 5) is 0. The normalized spacial score (nSPS) is 10.3. The van der Waals surface area contributed by atoms with Gasteiger partial charge in [-0.1, -0.05) is 0 Å². The van der Waals surface area contributed by atoms with E-state index in [4.69, 9.17) is 0 Å². The van der Waals surface area contributed by atoms with E-state index in [2.05, 4.69) is 11.2 Å². The number of hydrogen-bond donors (Lipinski definition) is 0. The Morgan fingerprint density at radius 1 is 1.54 bits per heavy atom. The monoisotopic (exact) mass is 175 g/mol. The van der Waals surface area contributed by atoms with Crippen LogP contribution in [0.3, 0.4) is 0 Å². The molecular formula is C10H8FN2. The first kappa shape index (κ1) is 7.98. The van der Waals surface area contributed by atoms with Crippen LogP contribution in [0.2, 0.25) is 0 Å². The number of halogens is 1. The molecule has 0 aliphatic carbocycles. The van der Waals surface area contributed by atoms with Crippen molar-refractivity contribution < 1.29 is 4.39 Å². The van der Waals surface area contributed by atoms with Crippen molar-refractivity contribution in [2.45, 2.75) is 6.92 Å². The quantitative estimate of drug-likeness (QED) is 0.649. The first-order chi connectivity index (χ1) is 6.25. The van der Waals surface area contributed by atoms with Crippen molar-refractivity contribution in [2.75, 3.05) is 0 Å². The SMILES string of the molecule is Cc1cnn(-c2cc[c]c(F)c2)c1. The largest absolute Gasteiger partial charge is 0.241 e. The van der Waals surface area contributed by atoms with Crippen molar-refractivity contribution in [2.24, 2.45) is 0 Å². The van der Waals surface area contributed by atoms with Gasteiger partial charge in [0.05, 0.1) is 11.9 Å². The molecule has 2 nitrogen and oxygen atoms in total. The van der Waals surface area contributed by atoms with Gasteiger partial charge in [-0.25, -0.2) is 9.07 Å². The third-order valence-electron chi connectivity index (χ3n) is 1.73. The molecular weight excluding hydrogens is 167 g/mol. The average Bonchev–Trinajstić information content (AvgIpc) is 2.52. The van der Waals surface area contributed by atoms with E-state index in [-0.39, 0.29) is 5.82 Å². The van der Waals surface area contributed by atoms with Crippen LogP contribution in [0.25, 0.3) is 5.69 Å². The third kappa shape index (κ3) is 1.59. The molecule has 0 atom stereocenters. The molecule has 1 aromatic heterocycles. The standard InChI is InChI=1S/C10H8FN2/c1-8-6-12-13(7-8)10-4-2-3-9(11)5-10/h2,4-7H,1H3. The van der Waals surface area contributed by atoms with E-state index in [1.807, 2.05) is 13.1 Å². The Balaban J connectivity index is 2.46. The van der Waals surface area contributed by atoms with Gasteiger partial charge in [0.15, 0.2) is 0 Å². The third-order valence-corrected chi connectivity index (χ3v) is 1.73. The molecule has 2 aromatic rings. The van der Waals surface area contributed by atoms with E-state index in [9.17, 15) is 4.39 Å². The van der Waals surface area contributed by atoms with Crippen LogP contribution in [-0.4, -0.2) is 9.78 Å². The first-order valence-electron chi connectivity index (χ1n) is 3.94. The lowest BCUT2D eigenvalue weighted by atomic mass is 10.3. The fraction of sp³-hybridized carbons (Fsp3) is 0.100. The maximum absolute atomic E-state index is 12.8. The number of benzene rings is 1. The van der Waals surface area contributed by atoms with E-state index < -0.39 is 0 Å². The molecule has 0 unspecified atom stereocenters. The molecule has 0 fully saturated rings. The summed E-state index contributed by atoms with van der Waals surface area (Å²) in [5.41, 5.74) is 1.76. The van der Waals surface area contributed by atoms with Crippen LogP contribution in [0, 0.1) is 18.8 Å². The van der Waals surface area contributed by atoms with Crippen molar-refractivity contribution in [1.29, 1.82) is 0 Å². The van der Waals surface area contributed by atoms with Crippen LogP contribution in [-0.2, 0) is 0 Å². The van der Waals surface area contributed by atoms with E-state index >= 15 is 0 Å². The van der Waals surface area contributed by atoms with Gasteiger partial charge in [0.25, 0.3) is 0 Å². The van der Waals surface area contributed by atoms with Gasteiger partial charge < -0.3 is 0 Å². The summed E-state index contributed by atoms with van der Waals surface area (Å²) in [7, 11) is 0. The van der Waals surface area contributed by atoms with Crippen molar-refractivity contribution in [1.82, 2.24) is 9.78 Å². The predicted octanol–water partition coefficient (Wildman–Crippen LogP) is 2.12. The Labute approximate surface area is 75.6 Å². The van der Waals surface area contributed by atoms with Gasteiger partial charge in [0.1, 0.15) is 5.82 Å². The van der Waals surface area contributed by atoms with Crippen LogP contribution in [0.4, 0.5) is 4.39 Å². The molecule has 1 heterocycles. The van der Waals surface area contributed by atoms with Gasteiger partial charge in [-0.3, -0.25) is 0 Å². The smallest absolute Gasteiger partial charge is 0.133 e. The number of hydrogen-bond acceptors (Lipinski definition) is 1. The highest BCUT2D eigenvalue weighted by molar-refractivity contribution is 5.31. The molecule has 0 saturated carbocycles. The van der Waals surface area contributed by atoms with Crippen molar-refractivity contribution in [3.63, 3.8) is 0 Å². The number of aromatic nitrogens is 2. The Bertz CT molecular complexity index is 420. The zero-order valence-corrected chi connectivity index (χ0v) is 7.16. The molecule has 1 radical (unpaired) electrons. The highest BCUT2D eigenvalue weighted by Gasteiger charge is 1.98. The van der Waals surface area contributed by atoms with Gasteiger partial charge in [0.2, 0.25) is 0 Å². The van der Waals surface area contributed by atoms with Crippen molar-refractivity contribution in [3.8, 4) is 5.69 Å². The molecule has 13 heavy (non-hydrogen) atoms. The molecule has 0 aliphatic heterocycles. The summed E-state index contributed by atoms with van der Waals surface area (Å²) in [5.74, 6) is -0.370. The molecule has 1 aromatic carbocycles. The summed E-state index contributed by atoms with van der Waals surface area (Å²) in [6.07, 6.45) is 3.57. The van der Waals surface area contributed by atoms with E-state index in [1.54, 1.807) is 23.0 Å². The van der Waals surface area contributed by atoms with Crippen LogP contribution in [0.15, 0.2) is 30.6 Å². The summed E-state index contributed by atoms with van der Waals surface area (Å²) in [6.45, 7) is 1.94. The van der Waals surface area contributed by atoms with Crippen LogP contribution < -0.4 is 0 Å². The minimum Gasteiger partial charge on any atom is -0.241 e. The highest BCUT2D eigenvalue weighted by Crippen LogP contribution is 2.08. The van der Waals surface area contributed by atoms with Gasteiger partial charge in [-0.2, -0.15) is 5.10 Å². The van der Waals surface area contributed by atoms with E-state index in [1.165, 1.54) is 6.07 Å². The summed E-state index contributed by atoms with van der Waals surface area (Å²) in [5, 5.41) is 4.06. The lowest BCUT2D eigenvalue weighted by Gasteiger charge is -1.99. The minimum atomic E-state index is -0.370. The second-order valence-electron chi connectivity index (χ2n) is 2.86. The van der Waals surface area contributed by atoms with Crippen LogP contribution in [0.5, 0.6) is 0 Å². The maximum atomic E-state index is 12.8. The van der Waals surface area contributed by atoms with Gasteiger partial charge in [0, 0.05) is 18.3 Å². The summed E-state index contributed by atoms with van der Waals surface area (Å²) < 4.78 is 14.4. The zero-order valence-electron chi connectivity index (χ0n) is 7.16. The first-order valence-corrected chi connectivity index (χ1v) is 3.94. The van der Waals surface area contributed by atoms with Crippen molar-refractivity contribution in [3.05, 3.63) is 48.0 Å². The fourth-order valence-electron chi connectivity index (χ4n) is 1.12. The number of nitrogens with zero attached hydrogens (tertiary/aromatic N) is 2. The average molecular weight is 175 g/mol. The zero-order chi connectivity index (χ0) is 9.26. The fourth-order valence-corrected chi connectivity index (χ4v) is 1.12. The number of rotatable bonds is 1. The maximum Gasteiger partial charge on any atom is 0.133 e. The Hall–Kier alpha value is -1.64. The second-order valence-corrected chi connectivity index (χ2v) is 2.86. The Kier molecular flexibility index (Phi) is 1.85. The molecule has 0 aliphatic rings. The summed E-state index contributed by atoms with van der Waals surface area (Å²) >= 11 is 0. The van der Waals surface area contributed by atoms with Crippen LogP contribution in [0.1, 0.15) is 5.56 Å². The highest BCUT2D eigenvalue weighted by atomic mass is 19.1. The molecule has 0 saturated heterocycles. The Morgan fingerprint density at radius 2 is 2.38 bits per heavy atom. The molecule has 0 spiro atoms. The number of aryl methyl sites for hydroxylation is 1. The molecule has 0 bridgehead atoms. The van der Waals surface area contributed by atoms with Gasteiger partial charge in [-0.15, -0.1) is 0 Å². The minimum absolute atomic E-state index is 0.370. The van der Waals surface area contributed by atoms with Crippen LogP contribution >= 0.6 is 0 Å². The summed E-state index contributed by atoms with van der Waals surface area (Å²) in [6, 6.07) is 7.14. The molecule has 65 valence electrons. The molecule has 3 heteroatoms. The lowest BCUT2D eigenvalue weighted by Crippen LogP contribution is -1.94. The van der Waals surface area contributed by atoms with E-state index in [0.29, 0.717) is 5.69 Å². The molecule has 0 N–H and O–H groups in total. The molecule has 0 amide bonds. The van der Waals surface area contributed by atoms with Gasteiger partial charge >= 0.3 is 0 Å². The molecule has 2 rings (SSSR count). The Morgan fingerprint density at radius 3 is 3.00 bits per heavy atom. The van der Waals surface area contributed by atoms with Gasteiger partial charge in [-0.05, 0) is 24.6 Å². The predicted molar refractivity (Wildman–Crippen MR) is 47.1 cm³/mol. The topological polar surface area (TPSA) is 17.8 Å². The van der Waals surface area contributed by atoms with Crippen molar-refractivity contribution >= 4 is 0 Å². The second kappa shape index (κ2) is 3.01. The lowest BCUT2D eigenvalue weighted by molar-refractivity contribution is 0.623. The van der Waals surface area contributed by atoms with E-state index in [0.717, 1.165) is 5.56 Å².